The van der Waals surface area contributed by atoms with Gasteiger partial charge in [-0.1, -0.05) is 12.1 Å². The molecule has 0 spiro atoms. The second kappa shape index (κ2) is 4.58. The van der Waals surface area contributed by atoms with Gasteiger partial charge in [0.05, 0.1) is 6.10 Å². The summed E-state index contributed by atoms with van der Waals surface area (Å²) in [6.45, 7) is 6.59. The molecule has 0 bridgehead atoms. The Morgan fingerprint density at radius 3 is 1.94 bits per heavy atom. The van der Waals surface area contributed by atoms with Crippen molar-refractivity contribution in [2.45, 2.75) is 58.5 Å². The lowest BCUT2D eigenvalue weighted by Gasteiger charge is -2.26. The molecule has 1 saturated carbocycles. The topological polar surface area (TPSA) is 20.2 Å². The molecule has 0 unspecified atom stereocenters. The highest BCUT2D eigenvalue weighted by molar-refractivity contribution is 5.38. The third-order valence-corrected chi connectivity index (χ3v) is 4.12. The summed E-state index contributed by atoms with van der Waals surface area (Å²) in [7, 11) is 0. The maximum Gasteiger partial charge on any atom is 0.0540 e. The molecule has 1 nitrogen and oxygen atoms in total. The van der Waals surface area contributed by atoms with Gasteiger partial charge in [0, 0.05) is 0 Å². The van der Waals surface area contributed by atoms with E-state index in [0.29, 0.717) is 5.92 Å². The summed E-state index contributed by atoms with van der Waals surface area (Å²) in [6.07, 6.45) is 4.17. The van der Waals surface area contributed by atoms with Gasteiger partial charge in [-0.05, 0) is 74.6 Å². The van der Waals surface area contributed by atoms with E-state index in [-0.39, 0.29) is 6.10 Å². The molecule has 2 rings (SSSR count). The van der Waals surface area contributed by atoms with Gasteiger partial charge in [0.25, 0.3) is 0 Å². The van der Waals surface area contributed by atoms with Crippen LogP contribution in [0.25, 0.3) is 0 Å². The molecule has 1 heteroatoms. The maximum atomic E-state index is 9.53. The smallest absolute Gasteiger partial charge is 0.0540 e. The molecular formula is C15H22O. The summed E-state index contributed by atoms with van der Waals surface area (Å²) in [4.78, 5) is 0. The number of aliphatic hydroxyl groups excluding tert-OH is 1. The van der Waals surface area contributed by atoms with Crippen molar-refractivity contribution in [3.05, 3.63) is 34.4 Å². The Morgan fingerprint density at radius 2 is 1.44 bits per heavy atom. The van der Waals surface area contributed by atoms with Gasteiger partial charge in [-0.15, -0.1) is 0 Å². The van der Waals surface area contributed by atoms with Gasteiger partial charge in [-0.25, -0.2) is 0 Å². The number of hydrogen-bond acceptors (Lipinski definition) is 1. The average molecular weight is 218 g/mol. The number of benzene rings is 1. The van der Waals surface area contributed by atoms with Crippen molar-refractivity contribution in [2.75, 3.05) is 0 Å². The third kappa shape index (κ3) is 2.30. The van der Waals surface area contributed by atoms with E-state index in [1.807, 2.05) is 0 Å². The Kier molecular flexibility index (Phi) is 3.34. The molecular weight excluding hydrogens is 196 g/mol. The van der Waals surface area contributed by atoms with Gasteiger partial charge in [0.15, 0.2) is 0 Å². The molecule has 0 radical (unpaired) electrons. The summed E-state index contributed by atoms with van der Waals surface area (Å²) in [5.41, 5.74) is 5.70. The van der Waals surface area contributed by atoms with Gasteiger partial charge >= 0.3 is 0 Å². The second-order valence-electron chi connectivity index (χ2n) is 5.29. The first kappa shape index (κ1) is 11.7. The summed E-state index contributed by atoms with van der Waals surface area (Å²) in [5, 5.41) is 9.53. The Morgan fingerprint density at radius 1 is 0.938 bits per heavy atom. The summed E-state index contributed by atoms with van der Waals surface area (Å²) >= 11 is 0. The Labute approximate surface area is 98.5 Å². The minimum atomic E-state index is -0.0520. The predicted octanol–water partition coefficient (Wildman–Crippen LogP) is 3.63. The van der Waals surface area contributed by atoms with Gasteiger partial charge in [0.2, 0.25) is 0 Å². The SMILES string of the molecule is Cc1cc(C2CCC(O)CC2)cc(C)c1C. The molecule has 0 amide bonds. The van der Waals surface area contributed by atoms with Crippen molar-refractivity contribution < 1.29 is 5.11 Å². The summed E-state index contributed by atoms with van der Waals surface area (Å²) in [6, 6.07) is 4.68. The predicted molar refractivity (Wildman–Crippen MR) is 67.9 cm³/mol. The van der Waals surface area contributed by atoms with Crippen LogP contribution >= 0.6 is 0 Å². The highest BCUT2D eigenvalue weighted by atomic mass is 16.3. The fourth-order valence-electron chi connectivity index (χ4n) is 2.71. The average Bonchev–Trinajstić information content (AvgIpc) is 2.26. The lowest BCUT2D eigenvalue weighted by atomic mass is 9.81. The number of rotatable bonds is 1. The van der Waals surface area contributed by atoms with Crippen molar-refractivity contribution >= 4 is 0 Å². The molecule has 0 heterocycles. The molecule has 1 N–H and O–H groups in total. The van der Waals surface area contributed by atoms with Crippen molar-refractivity contribution in [3.63, 3.8) is 0 Å². The maximum absolute atomic E-state index is 9.53. The van der Waals surface area contributed by atoms with E-state index in [9.17, 15) is 5.11 Å². The molecule has 0 saturated heterocycles. The van der Waals surface area contributed by atoms with E-state index in [4.69, 9.17) is 0 Å². The summed E-state index contributed by atoms with van der Waals surface area (Å²) < 4.78 is 0. The van der Waals surface area contributed by atoms with Crippen LogP contribution in [-0.4, -0.2) is 11.2 Å². The zero-order chi connectivity index (χ0) is 11.7. The molecule has 1 aliphatic rings. The van der Waals surface area contributed by atoms with Gasteiger partial charge < -0.3 is 5.11 Å². The first-order valence-corrected chi connectivity index (χ1v) is 6.33. The zero-order valence-electron chi connectivity index (χ0n) is 10.6. The lowest BCUT2D eigenvalue weighted by Crippen LogP contribution is -2.17. The van der Waals surface area contributed by atoms with Crippen LogP contribution in [0.5, 0.6) is 0 Å². The van der Waals surface area contributed by atoms with Crippen LogP contribution < -0.4 is 0 Å². The van der Waals surface area contributed by atoms with E-state index in [0.717, 1.165) is 25.7 Å². The Bertz CT molecular complexity index is 350. The van der Waals surface area contributed by atoms with E-state index in [1.54, 1.807) is 0 Å². The number of aliphatic hydroxyl groups is 1. The minimum absolute atomic E-state index is 0.0520. The van der Waals surface area contributed by atoms with Crippen molar-refractivity contribution in [3.8, 4) is 0 Å². The Hall–Kier alpha value is -0.820. The molecule has 16 heavy (non-hydrogen) atoms. The van der Waals surface area contributed by atoms with Gasteiger partial charge in [0.1, 0.15) is 0 Å². The largest absolute Gasteiger partial charge is 0.393 e. The summed E-state index contributed by atoms with van der Waals surface area (Å²) in [5.74, 6) is 0.668. The van der Waals surface area contributed by atoms with Crippen LogP contribution in [0, 0.1) is 20.8 Å². The molecule has 1 aromatic carbocycles. The quantitative estimate of drug-likeness (QED) is 0.763. The third-order valence-electron chi connectivity index (χ3n) is 4.12. The second-order valence-corrected chi connectivity index (χ2v) is 5.29. The first-order valence-electron chi connectivity index (χ1n) is 6.33. The molecule has 1 aliphatic carbocycles. The first-order chi connectivity index (χ1) is 7.58. The van der Waals surface area contributed by atoms with Crippen molar-refractivity contribution in [1.29, 1.82) is 0 Å². The fraction of sp³-hybridized carbons (Fsp3) is 0.600. The molecule has 1 fully saturated rings. The molecule has 0 aliphatic heterocycles. The molecule has 88 valence electrons. The number of hydrogen-bond donors (Lipinski definition) is 1. The monoisotopic (exact) mass is 218 g/mol. The molecule has 0 aromatic heterocycles. The standard InChI is InChI=1S/C15H22O/c1-10-8-14(9-11(2)12(10)3)13-4-6-15(16)7-5-13/h8-9,13,15-16H,4-7H2,1-3H3. The van der Waals surface area contributed by atoms with Crippen molar-refractivity contribution in [1.82, 2.24) is 0 Å². The van der Waals surface area contributed by atoms with Crippen LogP contribution in [0.15, 0.2) is 12.1 Å². The van der Waals surface area contributed by atoms with Gasteiger partial charge in [-0.2, -0.15) is 0 Å². The highest BCUT2D eigenvalue weighted by Gasteiger charge is 2.21. The number of aryl methyl sites for hydroxylation is 2. The van der Waals surface area contributed by atoms with Crippen LogP contribution in [0.1, 0.15) is 53.9 Å². The zero-order valence-corrected chi connectivity index (χ0v) is 10.6. The van der Waals surface area contributed by atoms with E-state index in [1.165, 1.54) is 22.3 Å². The molecule has 0 atom stereocenters. The van der Waals surface area contributed by atoms with Crippen molar-refractivity contribution in [2.24, 2.45) is 0 Å². The van der Waals surface area contributed by atoms with E-state index < -0.39 is 0 Å². The van der Waals surface area contributed by atoms with Crippen LogP contribution in [-0.2, 0) is 0 Å². The van der Waals surface area contributed by atoms with Crippen LogP contribution in [0.4, 0.5) is 0 Å². The highest BCUT2D eigenvalue weighted by Crippen LogP contribution is 2.34. The molecule has 1 aromatic rings. The lowest BCUT2D eigenvalue weighted by molar-refractivity contribution is 0.122. The van der Waals surface area contributed by atoms with Crippen LogP contribution in [0.3, 0.4) is 0 Å². The van der Waals surface area contributed by atoms with Gasteiger partial charge in [-0.3, -0.25) is 0 Å². The van der Waals surface area contributed by atoms with E-state index >= 15 is 0 Å². The van der Waals surface area contributed by atoms with E-state index in [2.05, 4.69) is 32.9 Å². The minimum Gasteiger partial charge on any atom is -0.393 e. The Balaban J connectivity index is 2.21. The van der Waals surface area contributed by atoms with Crippen LogP contribution in [0.2, 0.25) is 0 Å². The fourth-order valence-corrected chi connectivity index (χ4v) is 2.71. The normalized spacial score (nSPS) is 25.8.